The molecule has 180 valence electrons. The molecular weight excluding hydrogens is 454 g/mol. The van der Waals surface area contributed by atoms with Crippen LogP contribution in [0.5, 0.6) is 5.75 Å². The van der Waals surface area contributed by atoms with E-state index in [1.54, 1.807) is 6.07 Å². The highest BCUT2D eigenvalue weighted by Gasteiger charge is 2.21. The molecule has 0 aromatic heterocycles. The van der Waals surface area contributed by atoms with Gasteiger partial charge < -0.3 is 19.5 Å². The fraction of sp³-hybridized carbons (Fsp3) is 0.500. The summed E-state index contributed by atoms with van der Waals surface area (Å²) in [6, 6.07) is 14.9. The van der Waals surface area contributed by atoms with E-state index in [0.717, 1.165) is 31.9 Å². The molecule has 3 rings (SSSR count). The van der Waals surface area contributed by atoms with Gasteiger partial charge in [0.2, 0.25) is 0 Å². The minimum Gasteiger partial charge on any atom is -0.491 e. The minimum absolute atomic E-state index is 0. The highest BCUT2D eigenvalue weighted by atomic mass is 35.5. The maximum Gasteiger partial charge on any atom is 0.146 e. The molecule has 2 aromatic rings. The van der Waals surface area contributed by atoms with E-state index in [1.165, 1.54) is 11.6 Å². The zero-order valence-corrected chi connectivity index (χ0v) is 20.4. The second-order valence-corrected chi connectivity index (χ2v) is 8.01. The lowest BCUT2D eigenvalue weighted by molar-refractivity contribution is 0.00708. The molecule has 1 fully saturated rings. The van der Waals surface area contributed by atoms with E-state index in [2.05, 4.69) is 29.7 Å². The normalized spacial score (nSPS) is 15.1. The van der Waals surface area contributed by atoms with Crippen molar-refractivity contribution in [3.63, 3.8) is 0 Å². The van der Waals surface area contributed by atoms with Crippen molar-refractivity contribution in [1.29, 1.82) is 0 Å². The molecule has 8 heteroatoms. The van der Waals surface area contributed by atoms with Gasteiger partial charge in [-0.25, -0.2) is 4.39 Å². The molecule has 0 spiro atoms. The van der Waals surface area contributed by atoms with Gasteiger partial charge in [-0.3, -0.25) is 4.90 Å². The molecule has 5 nitrogen and oxygen atoms in total. The molecule has 1 aliphatic heterocycles. The summed E-state index contributed by atoms with van der Waals surface area (Å²) in [5.41, 5.74) is 1.84. The largest absolute Gasteiger partial charge is 0.491 e. The number of para-hydroxylation sites is 2. The van der Waals surface area contributed by atoms with Crippen LogP contribution in [0.15, 0.2) is 48.5 Å². The van der Waals surface area contributed by atoms with Crippen LogP contribution in [0.3, 0.4) is 0 Å². The first kappa shape index (κ1) is 28.5. The number of ether oxygens (including phenoxy) is 2. The Morgan fingerprint density at radius 2 is 1.59 bits per heavy atom. The number of piperazine rings is 1. The van der Waals surface area contributed by atoms with Crippen molar-refractivity contribution in [1.82, 2.24) is 4.90 Å². The summed E-state index contributed by atoms with van der Waals surface area (Å²) in [4.78, 5) is 4.25. The third-order valence-electron chi connectivity index (χ3n) is 5.37. The molecule has 1 heterocycles. The first-order valence-corrected chi connectivity index (χ1v) is 10.7. The number of rotatable bonds is 10. The summed E-state index contributed by atoms with van der Waals surface area (Å²) in [6.07, 6.45) is -0.548. The van der Waals surface area contributed by atoms with Crippen LogP contribution < -0.4 is 9.64 Å². The van der Waals surface area contributed by atoms with Crippen LogP contribution in [-0.2, 0) is 4.74 Å². The second kappa shape index (κ2) is 14.6. The van der Waals surface area contributed by atoms with E-state index in [-0.39, 0.29) is 37.2 Å². The van der Waals surface area contributed by atoms with Gasteiger partial charge in [0, 0.05) is 32.7 Å². The third kappa shape index (κ3) is 8.41. The van der Waals surface area contributed by atoms with Gasteiger partial charge in [0.05, 0.1) is 25.0 Å². The quantitative estimate of drug-likeness (QED) is 0.503. The molecule has 0 bridgehead atoms. The van der Waals surface area contributed by atoms with Crippen molar-refractivity contribution in [2.75, 3.05) is 57.4 Å². The van der Waals surface area contributed by atoms with E-state index >= 15 is 0 Å². The van der Waals surface area contributed by atoms with E-state index < -0.39 is 6.10 Å². The number of anilines is 1. The van der Waals surface area contributed by atoms with Gasteiger partial charge in [0.1, 0.15) is 18.2 Å². The lowest BCUT2D eigenvalue weighted by Crippen LogP contribution is -2.49. The number of halogens is 3. The van der Waals surface area contributed by atoms with Gasteiger partial charge in [-0.05, 0) is 29.7 Å². The molecule has 1 N–H and O–H groups in total. The Morgan fingerprint density at radius 1 is 0.938 bits per heavy atom. The number of benzene rings is 2. The lowest BCUT2D eigenvalue weighted by atomic mass is 10.0. The van der Waals surface area contributed by atoms with E-state index in [9.17, 15) is 9.50 Å². The molecule has 32 heavy (non-hydrogen) atoms. The van der Waals surface area contributed by atoms with Crippen LogP contribution in [0.4, 0.5) is 10.1 Å². The Balaban J connectivity index is 0.00000256. The fourth-order valence-electron chi connectivity index (χ4n) is 3.75. The molecule has 1 atom stereocenters. The number of β-amino-alcohol motifs (C(OH)–C–C–N with tert-alkyl or cyclic N) is 1. The minimum atomic E-state index is -0.548. The third-order valence-corrected chi connectivity index (χ3v) is 5.37. The van der Waals surface area contributed by atoms with Gasteiger partial charge in [-0.1, -0.05) is 44.2 Å². The molecule has 0 saturated carbocycles. The molecule has 1 unspecified atom stereocenters. The van der Waals surface area contributed by atoms with Crippen molar-refractivity contribution in [2.45, 2.75) is 25.9 Å². The Labute approximate surface area is 203 Å². The van der Waals surface area contributed by atoms with Gasteiger partial charge in [0.15, 0.2) is 0 Å². The monoisotopic (exact) mass is 488 g/mol. The average molecular weight is 489 g/mol. The molecule has 0 radical (unpaired) electrons. The number of hydrogen-bond acceptors (Lipinski definition) is 5. The Bertz CT molecular complexity index is 789. The van der Waals surface area contributed by atoms with E-state index in [4.69, 9.17) is 9.47 Å². The zero-order chi connectivity index (χ0) is 21.3. The van der Waals surface area contributed by atoms with Crippen molar-refractivity contribution in [3.8, 4) is 5.75 Å². The summed E-state index contributed by atoms with van der Waals surface area (Å²) in [7, 11) is 0. The topological polar surface area (TPSA) is 45.2 Å². The Hall–Kier alpha value is -1.57. The summed E-state index contributed by atoms with van der Waals surface area (Å²) in [6.45, 7) is 9.10. The molecule has 0 aliphatic carbocycles. The SMILES string of the molecule is CC(C)c1ccccc1OCCOCC(O)CN1CCN(c2ccccc2F)CC1.Cl.Cl. The van der Waals surface area contributed by atoms with Crippen molar-refractivity contribution < 1.29 is 19.0 Å². The molecule has 2 aromatic carbocycles. The first-order valence-electron chi connectivity index (χ1n) is 10.7. The summed E-state index contributed by atoms with van der Waals surface area (Å²) < 4.78 is 25.4. The van der Waals surface area contributed by atoms with Crippen LogP contribution in [0.25, 0.3) is 0 Å². The molecular formula is C24H35Cl2FN2O3. The fourth-order valence-corrected chi connectivity index (χ4v) is 3.75. The predicted octanol–water partition coefficient (Wildman–Crippen LogP) is 4.37. The standard InChI is InChI=1S/C24H33FN2O3.2ClH/c1-19(2)21-7-3-6-10-24(21)30-16-15-29-18-20(28)17-26-11-13-27(14-12-26)23-9-5-4-8-22(23)25;;/h3-10,19-20,28H,11-18H2,1-2H3;2*1H. The van der Waals surface area contributed by atoms with Crippen molar-refractivity contribution in [2.24, 2.45) is 0 Å². The van der Waals surface area contributed by atoms with E-state index in [1.807, 2.05) is 30.3 Å². The summed E-state index contributed by atoms with van der Waals surface area (Å²) >= 11 is 0. The van der Waals surface area contributed by atoms with E-state index in [0.29, 0.717) is 31.4 Å². The number of aliphatic hydroxyl groups excluding tert-OH is 1. The maximum atomic E-state index is 13.9. The lowest BCUT2D eigenvalue weighted by Gasteiger charge is -2.36. The van der Waals surface area contributed by atoms with Crippen molar-refractivity contribution in [3.05, 3.63) is 59.9 Å². The highest BCUT2D eigenvalue weighted by Crippen LogP contribution is 2.25. The zero-order valence-electron chi connectivity index (χ0n) is 18.8. The van der Waals surface area contributed by atoms with Gasteiger partial charge in [-0.15, -0.1) is 24.8 Å². The number of hydrogen-bond donors (Lipinski definition) is 1. The number of nitrogens with zero attached hydrogens (tertiary/aromatic N) is 2. The van der Waals surface area contributed by atoms with Crippen LogP contribution in [0.1, 0.15) is 25.3 Å². The van der Waals surface area contributed by atoms with Crippen LogP contribution in [0.2, 0.25) is 0 Å². The maximum absolute atomic E-state index is 13.9. The molecule has 0 amide bonds. The Kier molecular flexibility index (Phi) is 12.9. The molecule has 1 saturated heterocycles. The first-order chi connectivity index (χ1) is 14.5. The van der Waals surface area contributed by atoms with Crippen LogP contribution in [-0.4, -0.2) is 68.7 Å². The van der Waals surface area contributed by atoms with Gasteiger partial charge in [-0.2, -0.15) is 0 Å². The number of aliphatic hydroxyl groups is 1. The van der Waals surface area contributed by atoms with Gasteiger partial charge >= 0.3 is 0 Å². The average Bonchev–Trinajstić information content (AvgIpc) is 2.75. The summed E-state index contributed by atoms with van der Waals surface area (Å²) in [5.74, 6) is 1.12. The van der Waals surface area contributed by atoms with Crippen LogP contribution in [0, 0.1) is 5.82 Å². The Morgan fingerprint density at radius 3 is 2.28 bits per heavy atom. The van der Waals surface area contributed by atoms with Crippen molar-refractivity contribution >= 4 is 30.5 Å². The second-order valence-electron chi connectivity index (χ2n) is 8.01. The molecule has 1 aliphatic rings. The summed E-state index contributed by atoms with van der Waals surface area (Å²) in [5, 5.41) is 10.3. The smallest absolute Gasteiger partial charge is 0.146 e. The predicted molar refractivity (Wildman–Crippen MR) is 132 cm³/mol. The highest BCUT2D eigenvalue weighted by molar-refractivity contribution is 5.85. The van der Waals surface area contributed by atoms with Crippen LogP contribution >= 0.6 is 24.8 Å². The van der Waals surface area contributed by atoms with Gasteiger partial charge in [0.25, 0.3) is 0 Å².